The van der Waals surface area contributed by atoms with Gasteiger partial charge >= 0.3 is 6.03 Å². The van der Waals surface area contributed by atoms with Gasteiger partial charge < -0.3 is 5.32 Å². The minimum absolute atomic E-state index is 0.214. The van der Waals surface area contributed by atoms with Gasteiger partial charge in [0.2, 0.25) is 0 Å². The molecule has 0 saturated carbocycles. The summed E-state index contributed by atoms with van der Waals surface area (Å²) >= 11 is 1.32. The van der Waals surface area contributed by atoms with Crippen LogP contribution in [0, 0.1) is 0 Å². The highest BCUT2D eigenvalue weighted by Crippen LogP contribution is 2.13. The molecule has 3 aromatic heterocycles. The minimum Gasteiger partial charge on any atom is -0.341 e. The second-order valence-electron chi connectivity index (χ2n) is 4.14. The van der Waals surface area contributed by atoms with E-state index in [1.54, 1.807) is 23.7 Å². The van der Waals surface area contributed by atoms with Crippen molar-refractivity contribution < 1.29 is 9.59 Å². The fourth-order valence-electron chi connectivity index (χ4n) is 1.69. The summed E-state index contributed by atoms with van der Waals surface area (Å²) in [6, 6.07) is 2.80. The summed E-state index contributed by atoms with van der Waals surface area (Å²) in [5, 5.41) is 14.0. The standard InChI is InChI=1S/C12H11N7O2S/c1-13-11(21)16-8-6-19-9(15-8)3-2-7(18-19)10(20)17-12-14-4-5-22-12/h2-6H,1H3,(H2,13,16,21)(H,14,17,20). The van der Waals surface area contributed by atoms with E-state index < -0.39 is 0 Å². The van der Waals surface area contributed by atoms with E-state index in [2.05, 4.69) is 31.0 Å². The number of imidazole rings is 1. The second kappa shape index (κ2) is 5.77. The van der Waals surface area contributed by atoms with E-state index >= 15 is 0 Å². The van der Waals surface area contributed by atoms with Gasteiger partial charge in [0.1, 0.15) is 5.69 Å². The molecule has 3 aromatic rings. The zero-order chi connectivity index (χ0) is 15.5. The summed E-state index contributed by atoms with van der Waals surface area (Å²) in [7, 11) is 1.50. The van der Waals surface area contributed by atoms with E-state index in [0.29, 0.717) is 16.6 Å². The Morgan fingerprint density at radius 2 is 2.14 bits per heavy atom. The van der Waals surface area contributed by atoms with Gasteiger partial charge in [-0.15, -0.1) is 11.3 Å². The highest BCUT2D eigenvalue weighted by Gasteiger charge is 2.12. The van der Waals surface area contributed by atoms with Crippen LogP contribution in [0.5, 0.6) is 0 Å². The van der Waals surface area contributed by atoms with Crippen molar-refractivity contribution >= 4 is 39.9 Å². The van der Waals surface area contributed by atoms with Crippen LogP contribution in [0.15, 0.2) is 29.9 Å². The molecule has 3 N–H and O–H groups in total. The van der Waals surface area contributed by atoms with Gasteiger partial charge in [0.05, 0.1) is 6.20 Å². The van der Waals surface area contributed by atoms with Gasteiger partial charge in [0.15, 0.2) is 16.6 Å². The molecule has 0 spiro atoms. The third kappa shape index (κ3) is 2.86. The Morgan fingerprint density at radius 1 is 1.27 bits per heavy atom. The molecule has 0 aliphatic heterocycles. The van der Waals surface area contributed by atoms with Gasteiger partial charge in [-0.2, -0.15) is 5.10 Å². The van der Waals surface area contributed by atoms with Gasteiger partial charge in [0, 0.05) is 18.6 Å². The van der Waals surface area contributed by atoms with Crippen LogP contribution < -0.4 is 16.0 Å². The maximum atomic E-state index is 12.1. The molecule has 0 aliphatic rings. The van der Waals surface area contributed by atoms with Crippen LogP contribution in [0.3, 0.4) is 0 Å². The zero-order valence-corrected chi connectivity index (χ0v) is 12.2. The number of aromatic nitrogens is 4. The summed E-state index contributed by atoms with van der Waals surface area (Å²) < 4.78 is 1.42. The predicted octanol–water partition coefficient (Wildman–Crippen LogP) is 1.19. The van der Waals surface area contributed by atoms with Crippen LogP contribution in [-0.2, 0) is 0 Å². The number of rotatable bonds is 3. The molecule has 0 aliphatic carbocycles. The molecular weight excluding hydrogens is 306 g/mol. The number of nitrogens with zero attached hydrogens (tertiary/aromatic N) is 4. The maximum Gasteiger partial charge on any atom is 0.320 e. The van der Waals surface area contributed by atoms with Crippen LogP contribution >= 0.6 is 11.3 Å². The monoisotopic (exact) mass is 317 g/mol. The highest BCUT2D eigenvalue weighted by molar-refractivity contribution is 7.13. The third-order valence-electron chi connectivity index (χ3n) is 2.67. The first-order chi connectivity index (χ1) is 10.7. The Morgan fingerprint density at radius 3 is 2.86 bits per heavy atom. The minimum atomic E-state index is -0.384. The molecule has 0 saturated heterocycles. The van der Waals surface area contributed by atoms with Crippen molar-refractivity contribution in [3.63, 3.8) is 0 Å². The molecule has 3 heterocycles. The van der Waals surface area contributed by atoms with Crippen LogP contribution in [0.2, 0.25) is 0 Å². The van der Waals surface area contributed by atoms with E-state index in [-0.39, 0.29) is 17.6 Å². The van der Waals surface area contributed by atoms with E-state index in [0.717, 1.165) is 0 Å². The van der Waals surface area contributed by atoms with Crippen LogP contribution in [0.1, 0.15) is 10.5 Å². The number of carbonyl (C=O) groups is 2. The fourth-order valence-corrected chi connectivity index (χ4v) is 2.21. The summed E-state index contributed by atoms with van der Waals surface area (Å²) in [6.07, 6.45) is 3.12. The molecule has 10 heteroatoms. The normalized spacial score (nSPS) is 10.4. The lowest BCUT2D eigenvalue weighted by atomic mass is 10.4. The zero-order valence-electron chi connectivity index (χ0n) is 11.4. The molecule has 0 aromatic carbocycles. The number of urea groups is 1. The van der Waals surface area contributed by atoms with Crippen molar-refractivity contribution in [2.45, 2.75) is 0 Å². The van der Waals surface area contributed by atoms with Gasteiger partial charge in [-0.1, -0.05) is 0 Å². The molecule has 22 heavy (non-hydrogen) atoms. The molecule has 0 atom stereocenters. The molecule has 9 nitrogen and oxygen atoms in total. The summed E-state index contributed by atoms with van der Waals surface area (Å²) in [5.41, 5.74) is 0.726. The van der Waals surface area contributed by atoms with Gasteiger partial charge in [-0.3, -0.25) is 15.4 Å². The Labute approximate surface area is 128 Å². The fraction of sp³-hybridized carbons (Fsp3) is 0.0833. The van der Waals surface area contributed by atoms with Crippen molar-refractivity contribution in [1.29, 1.82) is 0 Å². The summed E-state index contributed by atoms with van der Waals surface area (Å²) in [6.45, 7) is 0. The van der Waals surface area contributed by atoms with Gasteiger partial charge in [-0.25, -0.2) is 19.3 Å². The quantitative estimate of drug-likeness (QED) is 0.671. The molecule has 0 bridgehead atoms. The maximum absolute atomic E-state index is 12.1. The first-order valence-corrected chi connectivity index (χ1v) is 7.09. The molecule has 112 valence electrons. The Hall–Kier alpha value is -3.01. The number of hydrogen-bond donors (Lipinski definition) is 3. The van der Waals surface area contributed by atoms with Crippen molar-refractivity contribution in [1.82, 2.24) is 24.9 Å². The summed E-state index contributed by atoms with van der Waals surface area (Å²) in [4.78, 5) is 31.5. The van der Waals surface area contributed by atoms with Gasteiger partial charge in [0.25, 0.3) is 5.91 Å². The molecule has 3 amide bonds. The lowest BCUT2D eigenvalue weighted by molar-refractivity contribution is 0.102. The average molecular weight is 317 g/mol. The molecule has 3 rings (SSSR count). The topological polar surface area (TPSA) is 113 Å². The lowest BCUT2D eigenvalue weighted by Gasteiger charge is -2.01. The molecule has 0 radical (unpaired) electrons. The number of carbonyl (C=O) groups excluding carboxylic acids is 2. The van der Waals surface area contributed by atoms with E-state index in [9.17, 15) is 9.59 Å². The Balaban J connectivity index is 1.83. The van der Waals surface area contributed by atoms with Crippen molar-refractivity contribution in [3.8, 4) is 0 Å². The van der Waals surface area contributed by atoms with Crippen LogP contribution in [0.4, 0.5) is 15.7 Å². The molecule has 0 fully saturated rings. The van der Waals surface area contributed by atoms with Crippen molar-refractivity contribution in [2.75, 3.05) is 17.7 Å². The Bertz CT molecular complexity index is 827. The number of fused-ring (bicyclic) bond motifs is 1. The van der Waals surface area contributed by atoms with Crippen LogP contribution in [-0.4, -0.2) is 38.6 Å². The third-order valence-corrected chi connectivity index (χ3v) is 3.36. The Kier molecular flexibility index (Phi) is 3.66. The number of nitrogens with one attached hydrogen (secondary N) is 3. The van der Waals surface area contributed by atoms with E-state index in [4.69, 9.17) is 0 Å². The largest absolute Gasteiger partial charge is 0.341 e. The van der Waals surface area contributed by atoms with Crippen molar-refractivity contribution in [3.05, 3.63) is 35.6 Å². The molecule has 0 unspecified atom stereocenters. The van der Waals surface area contributed by atoms with Crippen molar-refractivity contribution in [2.24, 2.45) is 0 Å². The van der Waals surface area contributed by atoms with Gasteiger partial charge in [-0.05, 0) is 12.1 Å². The number of amides is 3. The van der Waals surface area contributed by atoms with Crippen LogP contribution in [0.25, 0.3) is 5.65 Å². The lowest BCUT2D eigenvalue weighted by Crippen LogP contribution is -2.24. The average Bonchev–Trinajstić information content (AvgIpc) is 3.14. The van der Waals surface area contributed by atoms with E-state index in [1.165, 1.54) is 29.1 Å². The second-order valence-corrected chi connectivity index (χ2v) is 5.04. The predicted molar refractivity (Wildman–Crippen MR) is 81.1 cm³/mol. The number of thiazole rings is 1. The highest BCUT2D eigenvalue weighted by atomic mass is 32.1. The SMILES string of the molecule is CNC(=O)Nc1cn2nc(C(=O)Nc3nccs3)ccc2n1. The first-order valence-electron chi connectivity index (χ1n) is 6.22. The van der Waals surface area contributed by atoms with E-state index in [1.807, 2.05) is 0 Å². The number of hydrogen-bond acceptors (Lipinski definition) is 6. The first kappa shape index (κ1) is 13.9. The number of anilines is 2. The summed E-state index contributed by atoms with van der Waals surface area (Å²) in [5.74, 6) is -0.0318. The molecular formula is C12H11N7O2S. The smallest absolute Gasteiger partial charge is 0.320 e.